The molecule has 0 saturated carbocycles. The number of likely N-dealkylation sites (tertiary alicyclic amines) is 1. The molecule has 1 aromatic heterocycles. The number of carbonyl (C=O) groups excluding carboxylic acids is 3. The Morgan fingerprint density at radius 3 is 2.63 bits per heavy atom. The van der Waals surface area contributed by atoms with Crippen LogP contribution >= 0.6 is 11.3 Å². The van der Waals surface area contributed by atoms with Gasteiger partial charge in [0.05, 0.1) is 11.5 Å². The van der Waals surface area contributed by atoms with Crippen molar-refractivity contribution < 1.29 is 19.1 Å². The summed E-state index contributed by atoms with van der Waals surface area (Å²) < 4.78 is 5.17. The topological polar surface area (TPSA) is 87.7 Å². The van der Waals surface area contributed by atoms with Crippen molar-refractivity contribution in [1.82, 2.24) is 15.5 Å². The summed E-state index contributed by atoms with van der Waals surface area (Å²) in [4.78, 5) is 40.5. The van der Waals surface area contributed by atoms with Crippen molar-refractivity contribution in [1.29, 1.82) is 0 Å². The number of fused-ring (bicyclic) bond motifs is 1. The third-order valence-corrected chi connectivity index (χ3v) is 6.55. The van der Waals surface area contributed by atoms with Crippen LogP contribution in [0.25, 0.3) is 0 Å². The van der Waals surface area contributed by atoms with Crippen molar-refractivity contribution in [3.8, 4) is 0 Å². The monoisotopic (exact) mass is 435 g/mol. The molecule has 1 aliphatic carbocycles. The van der Waals surface area contributed by atoms with E-state index in [-0.39, 0.29) is 17.7 Å². The molecule has 2 N–H and O–H groups in total. The average Bonchev–Trinajstić information content (AvgIpc) is 3.13. The maximum Gasteiger partial charge on any atom is 0.407 e. The fraction of sp³-hybridized carbons (Fsp3) is 0.682. The molecule has 2 heterocycles. The number of nitrogens with one attached hydrogen (secondary N) is 2. The van der Waals surface area contributed by atoms with Crippen molar-refractivity contribution >= 4 is 29.2 Å². The molecule has 1 aromatic rings. The first kappa shape index (κ1) is 22.6. The van der Waals surface area contributed by atoms with Crippen molar-refractivity contribution in [2.24, 2.45) is 5.92 Å². The summed E-state index contributed by atoms with van der Waals surface area (Å²) in [5.41, 5.74) is 1.53. The van der Waals surface area contributed by atoms with Gasteiger partial charge in [0.25, 0.3) is 5.91 Å². The molecule has 1 fully saturated rings. The molecule has 0 bridgehead atoms. The Kier molecular flexibility index (Phi) is 7.39. The molecular formula is C22H33N3O4S. The number of nitrogens with zero attached hydrogens (tertiary/aromatic N) is 1. The van der Waals surface area contributed by atoms with Gasteiger partial charge in [0.2, 0.25) is 5.91 Å². The molecule has 166 valence electrons. The zero-order valence-corrected chi connectivity index (χ0v) is 19.0. The Hall–Kier alpha value is -2.09. The SMILES string of the molecule is CC(C)(C)OC(=O)NCCNC(=O)C1CCCN(C(=O)c2csc3c2CCCC3)C1. The Morgan fingerprint density at radius 2 is 1.87 bits per heavy atom. The molecule has 8 heteroatoms. The highest BCUT2D eigenvalue weighted by molar-refractivity contribution is 7.10. The van der Waals surface area contributed by atoms with Gasteiger partial charge in [-0.3, -0.25) is 9.59 Å². The second-order valence-electron chi connectivity index (χ2n) is 9.07. The molecule has 1 atom stereocenters. The first-order valence-corrected chi connectivity index (χ1v) is 11.8. The Bertz CT molecular complexity index is 784. The lowest BCUT2D eigenvalue weighted by atomic mass is 9.93. The van der Waals surface area contributed by atoms with Crippen molar-refractivity contribution in [2.45, 2.75) is 64.9 Å². The summed E-state index contributed by atoms with van der Waals surface area (Å²) in [5, 5.41) is 7.51. The molecule has 1 aliphatic heterocycles. The highest BCUT2D eigenvalue weighted by Crippen LogP contribution is 2.31. The first-order valence-electron chi connectivity index (χ1n) is 10.9. The summed E-state index contributed by atoms with van der Waals surface area (Å²) in [7, 11) is 0. The predicted molar refractivity (Wildman–Crippen MR) is 117 cm³/mol. The number of carbonyl (C=O) groups is 3. The number of amides is 3. The molecule has 3 amide bonds. The van der Waals surface area contributed by atoms with Crippen LogP contribution in [0.5, 0.6) is 0 Å². The van der Waals surface area contributed by atoms with E-state index in [1.165, 1.54) is 16.9 Å². The lowest BCUT2D eigenvalue weighted by Gasteiger charge is -2.32. The Labute approximate surface area is 182 Å². The highest BCUT2D eigenvalue weighted by atomic mass is 32.1. The van der Waals surface area contributed by atoms with Gasteiger partial charge in [0.1, 0.15) is 5.60 Å². The van der Waals surface area contributed by atoms with Gasteiger partial charge in [-0.25, -0.2) is 4.79 Å². The van der Waals surface area contributed by atoms with Gasteiger partial charge in [-0.05, 0) is 64.9 Å². The van der Waals surface area contributed by atoms with E-state index in [0.717, 1.165) is 37.7 Å². The third kappa shape index (κ3) is 5.97. The van der Waals surface area contributed by atoms with E-state index in [2.05, 4.69) is 10.6 Å². The normalized spacial score (nSPS) is 19.0. The van der Waals surface area contributed by atoms with Crippen LogP contribution in [0.4, 0.5) is 4.79 Å². The summed E-state index contributed by atoms with van der Waals surface area (Å²) >= 11 is 1.70. The fourth-order valence-corrected chi connectivity index (χ4v) is 5.15. The molecule has 2 aliphatic rings. The van der Waals surface area contributed by atoms with E-state index in [1.807, 2.05) is 10.3 Å². The number of hydrogen-bond acceptors (Lipinski definition) is 5. The molecule has 1 unspecified atom stereocenters. The van der Waals surface area contributed by atoms with Crippen LogP contribution in [-0.2, 0) is 22.4 Å². The van der Waals surface area contributed by atoms with Crippen LogP contribution < -0.4 is 10.6 Å². The van der Waals surface area contributed by atoms with Gasteiger partial charge in [0.15, 0.2) is 0 Å². The largest absolute Gasteiger partial charge is 0.444 e. The highest BCUT2D eigenvalue weighted by Gasteiger charge is 2.31. The molecule has 0 aromatic carbocycles. The van der Waals surface area contributed by atoms with E-state index in [9.17, 15) is 14.4 Å². The second-order valence-corrected chi connectivity index (χ2v) is 10.0. The predicted octanol–water partition coefficient (Wildman–Crippen LogP) is 3.12. The van der Waals surface area contributed by atoms with Gasteiger partial charge in [-0.15, -0.1) is 11.3 Å². The number of piperidine rings is 1. The molecule has 30 heavy (non-hydrogen) atoms. The molecule has 7 nitrogen and oxygen atoms in total. The maximum absolute atomic E-state index is 13.1. The zero-order chi connectivity index (χ0) is 21.7. The maximum atomic E-state index is 13.1. The van der Waals surface area contributed by atoms with Crippen LogP contribution in [0.15, 0.2) is 5.38 Å². The zero-order valence-electron chi connectivity index (χ0n) is 18.2. The lowest BCUT2D eigenvalue weighted by Crippen LogP contribution is -2.46. The van der Waals surface area contributed by atoms with Crippen LogP contribution in [0, 0.1) is 5.92 Å². The van der Waals surface area contributed by atoms with Gasteiger partial charge in [-0.2, -0.15) is 0 Å². The quantitative estimate of drug-likeness (QED) is 0.696. The van der Waals surface area contributed by atoms with E-state index < -0.39 is 11.7 Å². The van der Waals surface area contributed by atoms with E-state index in [1.54, 1.807) is 32.1 Å². The van der Waals surface area contributed by atoms with Gasteiger partial charge < -0.3 is 20.3 Å². The summed E-state index contributed by atoms with van der Waals surface area (Å²) in [6.45, 7) is 7.20. The molecule has 0 radical (unpaired) electrons. The molecule has 0 spiro atoms. The van der Waals surface area contributed by atoms with Gasteiger partial charge >= 0.3 is 6.09 Å². The van der Waals surface area contributed by atoms with E-state index >= 15 is 0 Å². The van der Waals surface area contributed by atoms with E-state index in [0.29, 0.717) is 26.2 Å². The van der Waals surface area contributed by atoms with Gasteiger partial charge in [-0.1, -0.05) is 0 Å². The minimum Gasteiger partial charge on any atom is -0.444 e. The number of hydrogen-bond donors (Lipinski definition) is 2. The standard InChI is InChI=1S/C22H33N3O4S/c1-22(2,3)29-21(28)24-11-10-23-19(26)15-7-6-12-25(13-15)20(27)17-14-30-18-9-5-4-8-16(17)18/h14-15H,4-13H2,1-3H3,(H,23,26)(H,24,28). The number of ether oxygens (including phenoxy) is 1. The smallest absolute Gasteiger partial charge is 0.407 e. The van der Waals surface area contributed by atoms with Crippen LogP contribution in [0.2, 0.25) is 0 Å². The Morgan fingerprint density at radius 1 is 1.13 bits per heavy atom. The number of thiophene rings is 1. The summed E-state index contributed by atoms with van der Waals surface area (Å²) in [5.74, 6) is -0.206. The first-order chi connectivity index (χ1) is 14.2. The summed E-state index contributed by atoms with van der Waals surface area (Å²) in [6.07, 6.45) is 5.52. The van der Waals surface area contributed by atoms with E-state index in [4.69, 9.17) is 4.74 Å². The number of aryl methyl sites for hydroxylation is 1. The number of alkyl carbamates (subject to hydrolysis) is 1. The minimum atomic E-state index is -0.548. The second kappa shape index (κ2) is 9.81. The Balaban J connectivity index is 1.46. The third-order valence-electron chi connectivity index (χ3n) is 5.46. The molecule has 3 rings (SSSR count). The molecular weight excluding hydrogens is 402 g/mol. The fourth-order valence-electron chi connectivity index (χ4n) is 4.03. The van der Waals surface area contributed by atoms with Crippen molar-refractivity contribution in [3.63, 3.8) is 0 Å². The summed E-state index contributed by atoms with van der Waals surface area (Å²) in [6, 6.07) is 0. The van der Waals surface area contributed by atoms with Crippen molar-refractivity contribution in [2.75, 3.05) is 26.2 Å². The average molecular weight is 436 g/mol. The van der Waals surface area contributed by atoms with Crippen LogP contribution in [-0.4, -0.2) is 54.6 Å². The van der Waals surface area contributed by atoms with Crippen molar-refractivity contribution in [3.05, 3.63) is 21.4 Å². The van der Waals surface area contributed by atoms with Crippen LogP contribution in [0.3, 0.4) is 0 Å². The number of rotatable bonds is 5. The van der Waals surface area contributed by atoms with Crippen LogP contribution in [0.1, 0.15) is 67.3 Å². The lowest BCUT2D eigenvalue weighted by molar-refractivity contribution is -0.126. The van der Waals surface area contributed by atoms with Gasteiger partial charge in [0, 0.05) is 36.4 Å². The molecule has 1 saturated heterocycles. The minimum absolute atomic E-state index is 0.0640.